The predicted octanol–water partition coefficient (Wildman–Crippen LogP) is 5.33. The van der Waals surface area contributed by atoms with E-state index in [4.69, 9.17) is 19.2 Å². The van der Waals surface area contributed by atoms with Gasteiger partial charge in [-0.1, -0.05) is 61.2 Å². The molecule has 0 spiro atoms. The number of rotatable bonds is 10. The molecule has 0 aliphatic carbocycles. The number of amidine groups is 1. The lowest BCUT2D eigenvalue weighted by Gasteiger charge is -2.37. The lowest BCUT2D eigenvalue weighted by molar-refractivity contribution is -0.141. The number of aliphatic imine (C=N–C) groups is 1. The third-order valence-electron chi connectivity index (χ3n) is 6.52. The Morgan fingerprint density at radius 2 is 1.87 bits per heavy atom. The van der Waals surface area contributed by atoms with Crippen molar-refractivity contribution in [1.29, 1.82) is 0 Å². The van der Waals surface area contributed by atoms with E-state index in [1.807, 2.05) is 66.6 Å². The minimum atomic E-state index is -0.631. The first kappa shape index (κ1) is 27.3. The van der Waals surface area contributed by atoms with Crippen LogP contribution >= 0.6 is 11.8 Å². The van der Waals surface area contributed by atoms with Crippen LogP contribution < -0.4 is 14.8 Å². The summed E-state index contributed by atoms with van der Waals surface area (Å²) in [6, 6.07) is 14.5. The van der Waals surface area contributed by atoms with Crippen molar-refractivity contribution >= 4 is 28.8 Å². The summed E-state index contributed by atoms with van der Waals surface area (Å²) in [5.74, 6) is 0.464. The molecule has 0 bridgehead atoms. The van der Waals surface area contributed by atoms with Gasteiger partial charge in [-0.05, 0) is 37.3 Å². The standard InChI is InChI=1S/C29H33N3O5S/c1-6-18(2)30-24(33)15-21-17-38-29-31-19(3)25(28(34)37-16-20-11-8-7-9-12-20)26(32(21)29)22-13-10-14-23(35-4)27(22)36-5/h7-14,17-18,26H,6,15-16H2,1-5H3,(H,30,33). The number of carbonyl (C=O) groups excluding carboxylic acids is 2. The van der Waals surface area contributed by atoms with Crippen LogP contribution in [0.15, 0.2) is 75.9 Å². The minimum Gasteiger partial charge on any atom is -0.493 e. The highest BCUT2D eigenvalue weighted by molar-refractivity contribution is 8.16. The lowest BCUT2D eigenvalue weighted by Crippen LogP contribution is -2.39. The van der Waals surface area contributed by atoms with E-state index >= 15 is 0 Å². The Bertz CT molecular complexity index is 1290. The van der Waals surface area contributed by atoms with Crippen LogP contribution in [0.5, 0.6) is 11.5 Å². The van der Waals surface area contributed by atoms with Crippen molar-refractivity contribution in [1.82, 2.24) is 10.2 Å². The molecule has 8 nitrogen and oxygen atoms in total. The van der Waals surface area contributed by atoms with Crippen LogP contribution in [0.25, 0.3) is 0 Å². The van der Waals surface area contributed by atoms with Gasteiger partial charge in [-0.15, -0.1) is 0 Å². The van der Waals surface area contributed by atoms with E-state index in [0.717, 1.165) is 17.7 Å². The second-order valence-corrected chi connectivity index (χ2v) is 9.93. The molecular weight excluding hydrogens is 502 g/mol. The highest BCUT2D eigenvalue weighted by atomic mass is 32.2. The molecule has 2 aliphatic heterocycles. The number of hydrogen-bond acceptors (Lipinski definition) is 8. The summed E-state index contributed by atoms with van der Waals surface area (Å²) in [6.45, 7) is 5.93. The molecule has 38 heavy (non-hydrogen) atoms. The van der Waals surface area contributed by atoms with Gasteiger partial charge in [0.15, 0.2) is 16.7 Å². The summed E-state index contributed by atoms with van der Waals surface area (Å²) in [5.41, 5.74) is 3.27. The molecule has 0 fully saturated rings. The van der Waals surface area contributed by atoms with Gasteiger partial charge < -0.3 is 24.4 Å². The number of carbonyl (C=O) groups is 2. The first-order valence-corrected chi connectivity index (χ1v) is 13.4. The number of para-hydroxylation sites is 1. The molecule has 2 unspecified atom stereocenters. The molecule has 0 saturated carbocycles. The van der Waals surface area contributed by atoms with Crippen LogP contribution in [-0.4, -0.2) is 42.2 Å². The molecule has 4 rings (SSSR count). The first-order valence-electron chi connectivity index (χ1n) is 12.5. The van der Waals surface area contributed by atoms with Gasteiger partial charge in [0.25, 0.3) is 0 Å². The molecule has 2 heterocycles. The van der Waals surface area contributed by atoms with Gasteiger partial charge in [0.05, 0.1) is 38.0 Å². The zero-order valence-corrected chi connectivity index (χ0v) is 23.1. The van der Waals surface area contributed by atoms with Crippen molar-refractivity contribution in [3.63, 3.8) is 0 Å². The van der Waals surface area contributed by atoms with Crippen LogP contribution in [-0.2, 0) is 20.9 Å². The Morgan fingerprint density at radius 1 is 1.11 bits per heavy atom. The Labute approximate surface area is 227 Å². The number of hydrogen-bond donors (Lipinski definition) is 1. The summed E-state index contributed by atoms with van der Waals surface area (Å²) < 4.78 is 17.1. The zero-order chi connectivity index (χ0) is 27.2. The van der Waals surface area contributed by atoms with Gasteiger partial charge in [-0.3, -0.25) is 4.79 Å². The van der Waals surface area contributed by atoms with Crippen molar-refractivity contribution in [2.75, 3.05) is 14.2 Å². The number of thioether (sulfide) groups is 1. The normalized spacial score (nSPS) is 17.3. The Morgan fingerprint density at radius 3 is 2.55 bits per heavy atom. The molecule has 2 atom stereocenters. The Kier molecular flexibility index (Phi) is 8.78. The van der Waals surface area contributed by atoms with Gasteiger partial charge in [0, 0.05) is 17.3 Å². The Hall–Kier alpha value is -3.72. The third kappa shape index (κ3) is 5.72. The maximum atomic E-state index is 13.7. The second-order valence-electron chi connectivity index (χ2n) is 9.09. The summed E-state index contributed by atoms with van der Waals surface area (Å²) in [6.07, 6.45) is 0.976. The van der Waals surface area contributed by atoms with Crippen molar-refractivity contribution < 1.29 is 23.8 Å². The van der Waals surface area contributed by atoms with Gasteiger partial charge in [-0.25, -0.2) is 9.79 Å². The fourth-order valence-electron chi connectivity index (χ4n) is 4.45. The van der Waals surface area contributed by atoms with E-state index in [-0.39, 0.29) is 25.0 Å². The molecule has 2 aliphatic rings. The average molecular weight is 536 g/mol. The monoisotopic (exact) mass is 535 g/mol. The molecule has 0 saturated heterocycles. The van der Waals surface area contributed by atoms with E-state index in [1.165, 1.54) is 11.8 Å². The number of fused-ring (bicyclic) bond motifs is 1. The largest absolute Gasteiger partial charge is 0.493 e. The van der Waals surface area contributed by atoms with E-state index in [1.54, 1.807) is 27.2 Å². The average Bonchev–Trinajstić information content (AvgIpc) is 3.32. The van der Waals surface area contributed by atoms with Crippen molar-refractivity contribution in [2.24, 2.45) is 4.99 Å². The molecule has 200 valence electrons. The van der Waals surface area contributed by atoms with Gasteiger partial charge in [0.2, 0.25) is 5.91 Å². The SMILES string of the molecule is CCC(C)NC(=O)CC1=CSC2=NC(C)=C(C(=O)OCc3ccccc3)C(c3cccc(OC)c3OC)N12. The van der Waals surface area contributed by atoms with Crippen molar-refractivity contribution in [3.8, 4) is 11.5 Å². The van der Waals surface area contributed by atoms with E-state index in [9.17, 15) is 9.59 Å². The molecule has 0 radical (unpaired) electrons. The number of esters is 1. The number of amides is 1. The molecular formula is C29H33N3O5S. The number of nitrogens with zero attached hydrogens (tertiary/aromatic N) is 2. The molecule has 1 N–H and O–H groups in total. The highest BCUT2D eigenvalue weighted by Gasteiger charge is 2.42. The molecule has 2 aromatic carbocycles. The van der Waals surface area contributed by atoms with Crippen LogP contribution in [0.4, 0.5) is 0 Å². The maximum Gasteiger partial charge on any atom is 0.338 e. The fraction of sp³-hybridized carbons (Fsp3) is 0.345. The van der Waals surface area contributed by atoms with Crippen molar-refractivity contribution in [2.45, 2.75) is 52.3 Å². The summed E-state index contributed by atoms with van der Waals surface area (Å²) >= 11 is 1.43. The van der Waals surface area contributed by atoms with Crippen LogP contribution in [0.1, 0.15) is 50.8 Å². The third-order valence-corrected chi connectivity index (χ3v) is 7.41. The molecule has 1 amide bonds. The summed E-state index contributed by atoms with van der Waals surface area (Å²) in [5, 5.41) is 5.63. The number of methoxy groups -OCH3 is 2. The zero-order valence-electron chi connectivity index (χ0n) is 22.3. The van der Waals surface area contributed by atoms with Crippen LogP contribution in [0, 0.1) is 0 Å². The number of ether oxygens (including phenoxy) is 3. The van der Waals surface area contributed by atoms with Crippen LogP contribution in [0.3, 0.4) is 0 Å². The second kappa shape index (κ2) is 12.2. The van der Waals surface area contributed by atoms with Crippen LogP contribution in [0.2, 0.25) is 0 Å². The Balaban J connectivity index is 1.75. The predicted molar refractivity (Wildman–Crippen MR) is 149 cm³/mol. The number of allylic oxidation sites excluding steroid dienone is 1. The highest BCUT2D eigenvalue weighted by Crippen LogP contribution is 2.48. The number of nitrogens with one attached hydrogen (secondary N) is 1. The minimum absolute atomic E-state index is 0.0617. The van der Waals surface area contributed by atoms with Gasteiger partial charge in [0.1, 0.15) is 6.61 Å². The van der Waals surface area contributed by atoms with Crippen molar-refractivity contribution in [3.05, 3.63) is 82.0 Å². The summed E-state index contributed by atoms with van der Waals surface area (Å²) in [4.78, 5) is 33.2. The van der Waals surface area contributed by atoms with E-state index in [2.05, 4.69) is 5.32 Å². The fourth-order valence-corrected chi connectivity index (χ4v) is 5.41. The smallest absolute Gasteiger partial charge is 0.338 e. The molecule has 9 heteroatoms. The topological polar surface area (TPSA) is 89.5 Å². The molecule has 0 aromatic heterocycles. The number of benzene rings is 2. The molecule has 2 aromatic rings. The maximum absolute atomic E-state index is 13.7. The van der Waals surface area contributed by atoms with Gasteiger partial charge in [-0.2, -0.15) is 0 Å². The lowest BCUT2D eigenvalue weighted by atomic mass is 9.92. The van der Waals surface area contributed by atoms with E-state index in [0.29, 0.717) is 33.5 Å². The quantitative estimate of drug-likeness (QED) is 0.412. The van der Waals surface area contributed by atoms with E-state index < -0.39 is 12.0 Å². The summed E-state index contributed by atoms with van der Waals surface area (Å²) in [7, 11) is 3.14. The first-order chi connectivity index (χ1) is 18.4. The van der Waals surface area contributed by atoms with Gasteiger partial charge >= 0.3 is 5.97 Å².